The Bertz CT molecular complexity index is 257. The van der Waals surface area contributed by atoms with E-state index in [0.717, 1.165) is 4.90 Å². The lowest BCUT2D eigenvalue weighted by molar-refractivity contribution is -0.168. The summed E-state index contributed by atoms with van der Waals surface area (Å²) in [5, 5.41) is 17.4. The molecule has 1 aliphatic rings. The quantitative estimate of drug-likeness (QED) is 0.744. The highest BCUT2D eigenvalue weighted by molar-refractivity contribution is 5.72. The first-order chi connectivity index (χ1) is 7.35. The Morgan fingerprint density at radius 1 is 1.38 bits per heavy atom. The monoisotopic (exact) mass is 241 g/mol. The van der Waals surface area contributed by atoms with Crippen molar-refractivity contribution in [3.63, 3.8) is 0 Å². The van der Waals surface area contributed by atoms with Crippen molar-refractivity contribution < 1.29 is 28.2 Å². The van der Waals surface area contributed by atoms with Gasteiger partial charge in [0, 0.05) is 12.6 Å². The fourth-order valence-corrected chi connectivity index (χ4v) is 1.93. The summed E-state index contributed by atoms with van der Waals surface area (Å²) in [5.41, 5.74) is 0. The second-order valence-corrected chi connectivity index (χ2v) is 3.90. The number of carbonyl (C=O) groups is 1. The summed E-state index contributed by atoms with van der Waals surface area (Å²) in [7, 11) is 0. The summed E-state index contributed by atoms with van der Waals surface area (Å²) >= 11 is 0. The van der Waals surface area contributed by atoms with Crippen LogP contribution in [0, 0.1) is 5.92 Å². The fraction of sp³-hybridized carbons (Fsp3) is 0.889. The molecule has 1 aliphatic carbocycles. The Morgan fingerprint density at radius 3 is 2.31 bits per heavy atom. The number of aliphatic hydroxyl groups is 1. The third-order valence-electron chi connectivity index (χ3n) is 2.79. The van der Waals surface area contributed by atoms with Gasteiger partial charge in [-0.05, 0) is 12.8 Å². The summed E-state index contributed by atoms with van der Waals surface area (Å²) in [6.45, 7) is -1.71. The summed E-state index contributed by atoms with van der Waals surface area (Å²) in [5.74, 6) is -1.81. The van der Waals surface area contributed by atoms with Crippen molar-refractivity contribution in [3.05, 3.63) is 0 Å². The Balaban J connectivity index is 2.60. The van der Waals surface area contributed by atoms with Gasteiger partial charge in [-0.25, -0.2) is 0 Å². The van der Waals surface area contributed by atoms with E-state index in [-0.39, 0.29) is 6.54 Å². The van der Waals surface area contributed by atoms with Crippen molar-refractivity contribution in [2.24, 2.45) is 5.92 Å². The van der Waals surface area contributed by atoms with Gasteiger partial charge in [0.2, 0.25) is 0 Å². The molecule has 1 saturated carbocycles. The molecule has 1 fully saturated rings. The zero-order valence-electron chi connectivity index (χ0n) is 8.57. The molecular formula is C9H14F3NO3. The minimum absolute atomic E-state index is 0.145. The van der Waals surface area contributed by atoms with Crippen LogP contribution in [0.3, 0.4) is 0 Å². The molecule has 2 atom stereocenters. The van der Waals surface area contributed by atoms with Gasteiger partial charge in [-0.2, -0.15) is 13.2 Å². The predicted octanol–water partition coefficient (Wildman–Crippen LogP) is 0.706. The maximum absolute atomic E-state index is 12.2. The molecular weight excluding hydrogens is 227 g/mol. The van der Waals surface area contributed by atoms with Crippen molar-refractivity contribution in [1.29, 1.82) is 0 Å². The smallest absolute Gasteiger partial charge is 0.401 e. The lowest BCUT2D eigenvalue weighted by atomic mass is 9.78. The van der Waals surface area contributed by atoms with E-state index in [0.29, 0.717) is 12.8 Å². The van der Waals surface area contributed by atoms with Gasteiger partial charge in [0.1, 0.15) is 0 Å². The van der Waals surface area contributed by atoms with E-state index in [4.69, 9.17) is 10.2 Å². The van der Waals surface area contributed by atoms with Gasteiger partial charge in [-0.15, -0.1) is 0 Å². The van der Waals surface area contributed by atoms with E-state index in [9.17, 15) is 18.0 Å². The third-order valence-corrected chi connectivity index (χ3v) is 2.79. The van der Waals surface area contributed by atoms with Gasteiger partial charge < -0.3 is 10.2 Å². The topological polar surface area (TPSA) is 60.8 Å². The third kappa shape index (κ3) is 3.34. The van der Waals surface area contributed by atoms with E-state index in [2.05, 4.69) is 0 Å². The highest BCUT2D eigenvalue weighted by Gasteiger charge is 2.43. The van der Waals surface area contributed by atoms with E-state index in [1.807, 2.05) is 0 Å². The average molecular weight is 241 g/mol. The minimum atomic E-state index is -4.37. The first-order valence-corrected chi connectivity index (χ1v) is 4.99. The number of aliphatic carboxylic acids is 1. The van der Waals surface area contributed by atoms with Crippen LogP contribution in [0.25, 0.3) is 0 Å². The first-order valence-electron chi connectivity index (χ1n) is 4.99. The Kier molecular flexibility index (Phi) is 4.15. The molecule has 7 heteroatoms. The molecule has 94 valence electrons. The molecule has 16 heavy (non-hydrogen) atoms. The molecule has 0 aliphatic heterocycles. The number of rotatable bonds is 5. The lowest BCUT2D eigenvalue weighted by Crippen LogP contribution is -2.53. The zero-order valence-corrected chi connectivity index (χ0v) is 8.57. The first kappa shape index (κ1) is 13.2. The van der Waals surface area contributed by atoms with Crippen LogP contribution in [0.5, 0.6) is 0 Å². The van der Waals surface area contributed by atoms with Crippen molar-refractivity contribution >= 4 is 5.97 Å². The minimum Gasteiger partial charge on any atom is -0.481 e. The molecule has 0 radical (unpaired) electrons. The van der Waals surface area contributed by atoms with Crippen LogP contribution in [-0.4, -0.2) is 53.0 Å². The van der Waals surface area contributed by atoms with Gasteiger partial charge in [-0.3, -0.25) is 9.69 Å². The Morgan fingerprint density at radius 2 is 2.00 bits per heavy atom. The van der Waals surface area contributed by atoms with Crippen LogP contribution in [-0.2, 0) is 4.79 Å². The maximum atomic E-state index is 12.2. The highest BCUT2D eigenvalue weighted by atomic mass is 19.4. The molecule has 0 aromatic rings. The predicted molar refractivity (Wildman–Crippen MR) is 48.9 cm³/mol. The van der Waals surface area contributed by atoms with Crippen molar-refractivity contribution in [2.75, 3.05) is 19.7 Å². The van der Waals surface area contributed by atoms with Crippen LogP contribution in [0.1, 0.15) is 12.8 Å². The van der Waals surface area contributed by atoms with Gasteiger partial charge >= 0.3 is 12.1 Å². The number of hydrogen-bond donors (Lipinski definition) is 2. The molecule has 2 unspecified atom stereocenters. The second kappa shape index (κ2) is 5.01. The Hall–Kier alpha value is -0.820. The van der Waals surface area contributed by atoms with Gasteiger partial charge in [-0.1, -0.05) is 0 Å². The van der Waals surface area contributed by atoms with Gasteiger partial charge in [0.05, 0.1) is 19.1 Å². The van der Waals surface area contributed by atoms with E-state index in [1.54, 1.807) is 0 Å². The molecule has 0 bridgehead atoms. The van der Waals surface area contributed by atoms with E-state index in [1.165, 1.54) is 0 Å². The van der Waals surface area contributed by atoms with Crippen LogP contribution in [0.15, 0.2) is 0 Å². The standard InChI is InChI=1S/C9H14F3NO3/c10-9(11,12)5-13(3-4-14)7-2-1-6(7)8(15)16/h6-7,14H,1-5H2,(H,15,16). The van der Waals surface area contributed by atoms with Gasteiger partial charge in [0.25, 0.3) is 0 Å². The average Bonchev–Trinajstić information content (AvgIpc) is 1.97. The van der Waals surface area contributed by atoms with Crippen molar-refractivity contribution in [1.82, 2.24) is 4.90 Å². The number of carboxylic acids is 1. The molecule has 0 amide bonds. The van der Waals surface area contributed by atoms with Crippen LogP contribution in [0.2, 0.25) is 0 Å². The summed E-state index contributed by atoms with van der Waals surface area (Å²) in [6, 6.07) is -0.605. The van der Waals surface area contributed by atoms with Crippen molar-refractivity contribution in [2.45, 2.75) is 25.1 Å². The SMILES string of the molecule is O=C(O)C1CCC1N(CCO)CC(F)(F)F. The Labute approximate surface area is 90.7 Å². The molecule has 0 heterocycles. The highest BCUT2D eigenvalue weighted by Crippen LogP contribution is 2.33. The molecule has 0 saturated heterocycles. The van der Waals surface area contributed by atoms with E-state index < -0.39 is 37.3 Å². The fourth-order valence-electron chi connectivity index (χ4n) is 1.93. The molecule has 0 aromatic carbocycles. The molecule has 0 aromatic heterocycles. The molecule has 0 spiro atoms. The summed E-state index contributed by atoms with van der Waals surface area (Å²) in [6.07, 6.45) is -3.53. The number of halogens is 3. The second-order valence-electron chi connectivity index (χ2n) is 3.90. The summed E-state index contributed by atoms with van der Waals surface area (Å²) in [4.78, 5) is 11.7. The number of nitrogens with zero attached hydrogens (tertiary/aromatic N) is 1. The number of hydrogen-bond acceptors (Lipinski definition) is 3. The van der Waals surface area contributed by atoms with Crippen LogP contribution >= 0.6 is 0 Å². The van der Waals surface area contributed by atoms with E-state index >= 15 is 0 Å². The molecule has 1 rings (SSSR count). The number of aliphatic hydroxyl groups excluding tert-OH is 1. The maximum Gasteiger partial charge on any atom is 0.401 e. The number of alkyl halides is 3. The normalized spacial score (nSPS) is 25.6. The molecule has 4 nitrogen and oxygen atoms in total. The van der Waals surface area contributed by atoms with Crippen LogP contribution in [0.4, 0.5) is 13.2 Å². The lowest BCUT2D eigenvalue weighted by Gasteiger charge is -2.42. The summed E-state index contributed by atoms with van der Waals surface area (Å²) < 4.78 is 36.6. The largest absolute Gasteiger partial charge is 0.481 e. The van der Waals surface area contributed by atoms with Crippen molar-refractivity contribution in [3.8, 4) is 0 Å². The van der Waals surface area contributed by atoms with Crippen LogP contribution < -0.4 is 0 Å². The molecule has 2 N–H and O–H groups in total. The number of carboxylic acid groups (broad SMARTS) is 1. The van der Waals surface area contributed by atoms with Gasteiger partial charge in [0.15, 0.2) is 0 Å². The zero-order chi connectivity index (χ0) is 12.3.